The zero-order valence-electron chi connectivity index (χ0n) is 30.2. The number of aromatic nitrogens is 1. The van der Waals surface area contributed by atoms with Crippen LogP contribution in [0, 0.1) is 23.0 Å². The minimum Gasteiger partial charge on any atom is -0.497 e. The smallest absolute Gasteiger partial charge is 0.419 e. The Kier molecular flexibility index (Phi) is 12.3. The summed E-state index contributed by atoms with van der Waals surface area (Å²) in [6.07, 6.45) is -8.34. The van der Waals surface area contributed by atoms with Gasteiger partial charge in [-0.1, -0.05) is 27.7 Å². The van der Waals surface area contributed by atoms with Gasteiger partial charge in [0.2, 0.25) is 5.91 Å². The topological polar surface area (TPSA) is 101 Å². The standard InChI is InChI=1S/C37H43F8N3O5/c1-19(2)14-26(48-18-21(9-13-47-11-7-12-47)23(16-28(48)49)36(40,41)42)34(52)46-25(17-29(50)51)30-32(38)22(15-24(33(30)39)37(43,44)45)31-20(3)27(53-6)8-10-35(31,4)5/h8,15-16,18-19,25-26H,7,9-14,17H2,1-6H3,(H,46,52)(H,50,51)/t25-,26?/m0/s1. The van der Waals surface area contributed by atoms with Crippen molar-refractivity contribution in [3.05, 3.63) is 85.5 Å². The molecule has 1 aromatic carbocycles. The number of allylic oxidation sites excluding steroid dienone is 3. The molecule has 0 saturated carbocycles. The van der Waals surface area contributed by atoms with Crippen molar-refractivity contribution in [3.63, 3.8) is 0 Å². The fourth-order valence-corrected chi connectivity index (χ4v) is 7.03. The Morgan fingerprint density at radius 1 is 1.02 bits per heavy atom. The lowest BCUT2D eigenvalue weighted by molar-refractivity contribution is -0.140. The number of methoxy groups -OCH3 is 1. The lowest BCUT2D eigenvalue weighted by Gasteiger charge is -2.35. The second-order valence-electron chi connectivity index (χ2n) is 14.6. The molecule has 16 heteroatoms. The summed E-state index contributed by atoms with van der Waals surface area (Å²) in [7, 11) is 1.31. The number of halogens is 8. The fourth-order valence-electron chi connectivity index (χ4n) is 7.03. The van der Waals surface area contributed by atoms with Crippen molar-refractivity contribution in [2.45, 2.75) is 91.2 Å². The number of nitrogens with zero attached hydrogens (tertiary/aromatic N) is 2. The lowest BCUT2D eigenvalue weighted by atomic mass is 9.71. The Labute approximate surface area is 301 Å². The molecule has 53 heavy (non-hydrogen) atoms. The zero-order valence-corrected chi connectivity index (χ0v) is 30.2. The van der Waals surface area contributed by atoms with Crippen LogP contribution in [0.15, 0.2) is 40.5 Å². The second kappa shape index (κ2) is 15.6. The number of rotatable bonds is 13. The van der Waals surface area contributed by atoms with Gasteiger partial charge in [-0.15, -0.1) is 0 Å². The number of ether oxygens (including phenoxy) is 1. The monoisotopic (exact) mass is 761 g/mol. The first kappa shape index (κ1) is 41.5. The molecule has 2 atom stereocenters. The van der Waals surface area contributed by atoms with E-state index < -0.39 is 93.5 Å². The maximum absolute atomic E-state index is 16.8. The highest BCUT2D eigenvalue weighted by Crippen LogP contribution is 2.49. The van der Waals surface area contributed by atoms with Gasteiger partial charge in [0, 0.05) is 29.9 Å². The number of alkyl halides is 6. The quantitative estimate of drug-likeness (QED) is 0.201. The van der Waals surface area contributed by atoms with Crippen LogP contribution in [0.3, 0.4) is 0 Å². The summed E-state index contributed by atoms with van der Waals surface area (Å²) in [6, 6.07) is -3.24. The van der Waals surface area contributed by atoms with E-state index in [2.05, 4.69) is 5.32 Å². The molecule has 1 aromatic heterocycles. The van der Waals surface area contributed by atoms with E-state index in [4.69, 9.17) is 4.74 Å². The van der Waals surface area contributed by atoms with Crippen LogP contribution in [0.4, 0.5) is 35.1 Å². The van der Waals surface area contributed by atoms with E-state index in [0.717, 1.165) is 17.2 Å². The Bertz CT molecular complexity index is 1860. The molecule has 1 amide bonds. The van der Waals surface area contributed by atoms with Crippen molar-refractivity contribution in [3.8, 4) is 0 Å². The number of nitrogens with one attached hydrogen (secondary N) is 1. The summed E-state index contributed by atoms with van der Waals surface area (Å²) in [5.74, 6) is -6.87. The number of amides is 1. The third-order valence-electron chi connectivity index (χ3n) is 9.74. The normalized spacial score (nSPS) is 17.7. The first-order chi connectivity index (χ1) is 24.5. The first-order valence-electron chi connectivity index (χ1n) is 17.1. The van der Waals surface area contributed by atoms with Gasteiger partial charge in [0.1, 0.15) is 23.4 Å². The summed E-state index contributed by atoms with van der Waals surface area (Å²) in [6.45, 7) is 9.55. The largest absolute Gasteiger partial charge is 0.497 e. The molecule has 0 radical (unpaired) electrons. The van der Waals surface area contributed by atoms with Gasteiger partial charge in [0.05, 0.1) is 30.7 Å². The molecule has 1 fully saturated rings. The molecule has 2 aromatic rings. The van der Waals surface area contributed by atoms with Gasteiger partial charge in [0.15, 0.2) is 0 Å². The maximum Gasteiger partial charge on any atom is 0.419 e. The number of carbonyl (C=O) groups excluding carboxylic acids is 1. The number of carboxylic acid groups (broad SMARTS) is 1. The number of hydrogen-bond acceptors (Lipinski definition) is 5. The summed E-state index contributed by atoms with van der Waals surface area (Å²) in [4.78, 5) is 41.3. The third kappa shape index (κ3) is 9.13. The van der Waals surface area contributed by atoms with Crippen molar-refractivity contribution in [1.82, 2.24) is 14.8 Å². The number of carbonyl (C=O) groups is 2. The number of benzene rings is 1. The molecule has 8 nitrogen and oxygen atoms in total. The van der Waals surface area contributed by atoms with Gasteiger partial charge in [-0.3, -0.25) is 14.4 Å². The van der Waals surface area contributed by atoms with Crippen LogP contribution in [0.5, 0.6) is 0 Å². The number of carboxylic acids is 1. The van der Waals surface area contributed by atoms with Crippen molar-refractivity contribution in [2.24, 2.45) is 11.3 Å². The summed E-state index contributed by atoms with van der Waals surface area (Å²) < 4.78 is 124. The number of pyridine rings is 1. The van der Waals surface area contributed by atoms with Crippen LogP contribution in [-0.4, -0.2) is 53.2 Å². The van der Waals surface area contributed by atoms with E-state index in [9.17, 15) is 45.8 Å². The SMILES string of the molecule is COC1=CCC(C)(C)C(c2cc(C(F)(F)F)c(F)c([C@H](CC(=O)O)NC(=O)C(CC(C)C)n3cc(CCN4CCC4)c(C(F)(F)F)cc3=O)c2F)=C1C. The van der Waals surface area contributed by atoms with Crippen LogP contribution >= 0.6 is 0 Å². The molecule has 2 aliphatic rings. The van der Waals surface area contributed by atoms with Gasteiger partial charge >= 0.3 is 18.3 Å². The van der Waals surface area contributed by atoms with Crippen LogP contribution in [0.2, 0.25) is 0 Å². The number of likely N-dealkylation sites (tertiary alicyclic amines) is 1. The maximum atomic E-state index is 16.8. The summed E-state index contributed by atoms with van der Waals surface area (Å²) in [5, 5.41) is 11.9. The minimum absolute atomic E-state index is 0.0289. The molecule has 292 valence electrons. The molecule has 0 bridgehead atoms. The van der Waals surface area contributed by atoms with Gasteiger partial charge in [-0.25, -0.2) is 8.78 Å². The predicted octanol–water partition coefficient (Wildman–Crippen LogP) is 8.07. The van der Waals surface area contributed by atoms with Crippen LogP contribution < -0.4 is 10.9 Å². The average Bonchev–Trinajstić information content (AvgIpc) is 2.99. The van der Waals surface area contributed by atoms with E-state index in [-0.39, 0.29) is 48.3 Å². The van der Waals surface area contributed by atoms with E-state index in [1.807, 2.05) is 4.90 Å². The summed E-state index contributed by atoms with van der Waals surface area (Å²) >= 11 is 0. The van der Waals surface area contributed by atoms with Gasteiger partial charge in [0.25, 0.3) is 5.56 Å². The van der Waals surface area contributed by atoms with Crippen LogP contribution in [0.25, 0.3) is 5.57 Å². The molecule has 2 N–H and O–H groups in total. The van der Waals surface area contributed by atoms with Crippen molar-refractivity contribution in [1.29, 1.82) is 0 Å². The Hall–Kier alpha value is -4.21. The highest BCUT2D eigenvalue weighted by Gasteiger charge is 2.43. The fraction of sp³-hybridized carbons (Fsp3) is 0.541. The minimum atomic E-state index is -5.40. The number of aliphatic carboxylic acids is 1. The molecule has 1 unspecified atom stereocenters. The van der Waals surface area contributed by atoms with Crippen LogP contribution in [-0.2, 0) is 33.1 Å². The molecule has 0 spiro atoms. The molecule has 4 rings (SSSR count). The predicted molar refractivity (Wildman–Crippen MR) is 180 cm³/mol. The van der Waals surface area contributed by atoms with Gasteiger partial charge in [-0.2, -0.15) is 26.3 Å². The van der Waals surface area contributed by atoms with Gasteiger partial charge in [-0.05, 0) is 85.9 Å². The van der Waals surface area contributed by atoms with Crippen molar-refractivity contribution >= 4 is 17.4 Å². The molecule has 1 aliphatic heterocycles. The zero-order chi connectivity index (χ0) is 39.8. The van der Waals surface area contributed by atoms with Crippen molar-refractivity contribution in [2.75, 3.05) is 26.7 Å². The Morgan fingerprint density at radius 2 is 1.64 bits per heavy atom. The molecule has 1 aliphatic carbocycles. The van der Waals surface area contributed by atoms with Crippen molar-refractivity contribution < 1.29 is 54.6 Å². The Balaban J connectivity index is 1.90. The first-order valence-corrected chi connectivity index (χ1v) is 17.1. The van der Waals surface area contributed by atoms with E-state index in [1.165, 1.54) is 14.0 Å². The van der Waals surface area contributed by atoms with Gasteiger partial charge < -0.3 is 24.6 Å². The second-order valence-corrected chi connectivity index (χ2v) is 14.6. The van der Waals surface area contributed by atoms with E-state index >= 15 is 8.78 Å². The van der Waals surface area contributed by atoms with Crippen LogP contribution in [0.1, 0.15) is 100 Å². The van der Waals surface area contributed by atoms with E-state index in [0.29, 0.717) is 25.2 Å². The highest BCUT2D eigenvalue weighted by molar-refractivity contribution is 5.82. The number of hydrogen-bond donors (Lipinski definition) is 2. The lowest BCUT2D eigenvalue weighted by Crippen LogP contribution is -2.41. The van der Waals surface area contributed by atoms with E-state index in [1.54, 1.807) is 33.8 Å². The molecular formula is C37H43F8N3O5. The Morgan fingerprint density at radius 3 is 2.15 bits per heavy atom. The molecule has 2 heterocycles. The summed E-state index contributed by atoms with van der Waals surface area (Å²) in [5.41, 5.74) is -7.45. The average molecular weight is 762 g/mol. The molecule has 1 saturated heterocycles. The molecular weight excluding hydrogens is 718 g/mol. The highest BCUT2D eigenvalue weighted by atomic mass is 19.4. The third-order valence-corrected chi connectivity index (χ3v) is 9.74.